The van der Waals surface area contributed by atoms with Gasteiger partial charge >= 0.3 is 17.9 Å². The van der Waals surface area contributed by atoms with Gasteiger partial charge in [-0.3, -0.25) is 14.4 Å². The molecule has 0 aromatic carbocycles. The fourth-order valence-corrected chi connectivity index (χ4v) is 2.21. The molecule has 0 heterocycles. The highest BCUT2D eigenvalue weighted by Gasteiger charge is 2.44. The molecule has 4 unspecified atom stereocenters. The number of allylic oxidation sites excluding steroid dienone is 1. The van der Waals surface area contributed by atoms with Crippen LogP contribution in [-0.4, -0.2) is 56.3 Å². The summed E-state index contributed by atoms with van der Waals surface area (Å²) in [6.07, 6.45) is -1.47. The number of aliphatic hydroxyl groups is 1. The van der Waals surface area contributed by atoms with Crippen LogP contribution in [0.4, 0.5) is 0 Å². The first-order valence-electron chi connectivity index (χ1n) is 6.57. The van der Waals surface area contributed by atoms with Crippen LogP contribution >= 0.6 is 0 Å². The van der Waals surface area contributed by atoms with Crippen LogP contribution in [0.3, 0.4) is 0 Å². The minimum absolute atomic E-state index is 0.381. The van der Waals surface area contributed by atoms with E-state index in [-0.39, 0.29) is 6.42 Å². The number of hydrogen-bond acceptors (Lipinski definition) is 6. The van der Waals surface area contributed by atoms with Crippen LogP contribution < -0.4 is 0 Å². The summed E-state index contributed by atoms with van der Waals surface area (Å²) >= 11 is 0. The molecule has 0 saturated heterocycles. The minimum Gasteiger partial charge on any atom is -0.481 e. The molecule has 0 aromatic heterocycles. The largest absolute Gasteiger partial charge is 0.481 e. The van der Waals surface area contributed by atoms with E-state index in [2.05, 4.69) is 6.58 Å². The molecule has 0 saturated carbocycles. The highest BCUT2D eigenvalue weighted by atomic mass is 16.5. The van der Waals surface area contributed by atoms with Crippen molar-refractivity contribution in [3.8, 4) is 0 Å². The van der Waals surface area contributed by atoms with E-state index in [9.17, 15) is 29.4 Å². The van der Waals surface area contributed by atoms with Gasteiger partial charge in [-0.1, -0.05) is 6.08 Å². The van der Waals surface area contributed by atoms with Crippen molar-refractivity contribution >= 4 is 23.7 Å². The third kappa shape index (κ3) is 4.65. The Kier molecular flexibility index (Phi) is 6.02. The van der Waals surface area contributed by atoms with E-state index in [1.807, 2.05) is 0 Å². The molecule has 23 heavy (non-hydrogen) atoms. The number of Topliss-reactive ketones (excluding diaryl/α,β-unsaturated/α-hetero) is 1. The van der Waals surface area contributed by atoms with Crippen molar-refractivity contribution in [1.82, 2.24) is 0 Å². The molecule has 1 aliphatic carbocycles. The molecule has 126 valence electrons. The summed E-state index contributed by atoms with van der Waals surface area (Å²) in [5.74, 6) is -8.29. The zero-order chi connectivity index (χ0) is 17.7. The number of carboxylic acids is 3. The number of ketones is 1. The Morgan fingerprint density at radius 2 is 1.65 bits per heavy atom. The van der Waals surface area contributed by atoms with E-state index in [1.54, 1.807) is 0 Å². The van der Waals surface area contributed by atoms with Gasteiger partial charge in [0, 0.05) is 6.42 Å². The Morgan fingerprint density at radius 1 is 1.04 bits per heavy atom. The fraction of sp³-hybridized carbons (Fsp3) is 0.429. The number of hydrogen-bond donors (Lipinski definition) is 4. The van der Waals surface area contributed by atoms with Crippen LogP contribution in [0.2, 0.25) is 0 Å². The van der Waals surface area contributed by atoms with Crippen molar-refractivity contribution < 1.29 is 44.3 Å². The number of rotatable bonds is 8. The first-order valence-corrected chi connectivity index (χ1v) is 6.57. The topological polar surface area (TPSA) is 158 Å². The molecular weight excluding hydrogens is 312 g/mol. The number of aliphatic hydroxyl groups excluding tert-OH is 1. The van der Waals surface area contributed by atoms with E-state index in [0.29, 0.717) is 0 Å². The van der Waals surface area contributed by atoms with Crippen LogP contribution in [0.15, 0.2) is 24.5 Å². The van der Waals surface area contributed by atoms with Crippen LogP contribution in [0.25, 0.3) is 0 Å². The number of aliphatic carboxylic acids is 3. The summed E-state index contributed by atoms with van der Waals surface area (Å²) in [6.45, 7) is 3.11. The first-order chi connectivity index (χ1) is 10.6. The number of carbonyl (C=O) groups excluding carboxylic acids is 1. The average Bonchev–Trinajstić information content (AvgIpc) is 2.45. The lowest BCUT2D eigenvalue weighted by Crippen LogP contribution is -2.47. The van der Waals surface area contributed by atoms with Crippen LogP contribution in [0.5, 0.6) is 0 Å². The van der Waals surface area contributed by atoms with Crippen LogP contribution in [0.1, 0.15) is 12.8 Å². The molecule has 0 fully saturated rings. The van der Waals surface area contributed by atoms with E-state index in [1.165, 1.54) is 12.2 Å². The molecule has 0 bridgehead atoms. The smallest absolute Gasteiger partial charge is 0.370 e. The van der Waals surface area contributed by atoms with Crippen molar-refractivity contribution in [3.63, 3.8) is 0 Å². The summed E-state index contributed by atoms with van der Waals surface area (Å²) in [6, 6.07) is 0. The second kappa shape index (κ2) is 7.54. The Hall–Kier alpha value is -2.68. The average molecular weight is 328 g/mol. The van der Waals surface area contributed by atoms with Crippen LogP contribution in [0, 0.1) is 11.8 Å². The van der Waals surface area contributed by atoms with Gasteiger partial charge in [0.2, 0.25) is 0 Å². The van der Waals surface area contributed by atoms with E-state index in [0.717, 1.165) is 0 Å². The lowest BCUT2D eigenvalue weighted by Gasteiger charge is -2.33. The van der Waals surface area contributed by atoms with E-state index >= 15 is 0 Å². The summed E-state index contributed by atoms with van der Waals surface area (Å²) < 4.78 is 4.87. The third-order valence-corrected chi connectivity index (χ3v) is 3.36. The van der Waals surface area contributed by atoms with Crippen molar-refractivity contribution in [1.29, 1.82) is 0 Å². The molecule has 0 radical (unpaired) electrons. The molecule has 0 spiro atoms. The summed E-state index contributed by atoms with van der Waals surface area (Å²) in [5, 5.41) is 36.5. The molecule has 0 amide bonds. The van der Waals surface area contributed by atoms with E-state index < -0.39 is 59.9 Å². The highest BCUT2D eigenvalue weighted by molar-refractivity contribution is 5.90. The summed E-state index contributed by atoms with van der Waals surface area (Å²) in [4.78, 5) is 44.4. The molecule has 9 heteroatoms. The van der Waals surface area contributed by atoms with Crippen molar-refractivity contribution in [2.45, 2.75) is 25.0 Å². The zero-order valence-corrected chi connectivity index (χ0v) is 11.9. The van der Waals surface area contributed by atoms with Crippen molar-refractivity contribution in [3.05, 3.63) is 24.5 Å². The molecule has 4 atom stereocenters. The van der Waals surface area contributed by atoms with Crippen LogP contribution in [-0.2, 0) is 23.9 Å². The second-order valence-corrected chi connectivity index (χ2v) is 4.94. The molecule has 0 aliphatic heterocycles. The SMILES string of the molecule is C=C(OC1C=CC(C(=O)CCC(=O)O)C(C(=O)O)C1O)C(=O)O. The lowest BCUT2D eigenvalue weighted by molar-refractivity contribution is -0.155. The van der Waals surface area contributed by atoms with E-state index in [4.69, 9.17) is 14.9 Å². The molecule has 9 nitrogen and oxygen atoms in total. The first kappa shape index (κ1) is 18.4. The zero-order valence-electron chi connectivity index (χ0n) is 11.9. The molecule has 0 aromatic rings. The monoisotopic (exact) mass is 328 g/mol. The normalized spacial score (nSPS) is 26.3. The Labute approximate surface area is 130 Å². The van der Waals surface area contributed by atoms with Gasteiger partial charge in [-0.15, -0.1) is 0 Å². The van der Waals surface area contributed by atoms with Gasteiger partial charge in [-0.25, -0.2) is 4.79 Å². The van der Waals surface area contributed by atoms with Crippen molar-refractivity contribution in [2.75, 3.05) is 0 Å². The molecular formula is C14H16O9. The van der Waals surface area contributed by atoms with Gasteiger partial charge in [-0.05, 0) is 12.7 Å². The fourth-order valence-electron chi connectivity index (χ4n) is 2.21. The maximum atomic E-state index is 12.0. The lowest BCUT2D eigenvalue weighted by atomic mass is 9.77. The number of ether oxygens (including phenoxy) is 1. The maximum absolute atomic E-state index is 12.0. The maximum Gasteiger partial charge on any atom is 0.370 e. The molecule has 1 aliphatic rings. The Bertz CT molecular complexity index is 563. The van der Waals surface area contributed by atoms with Crippen molar-refractivity contribution in [2.24, 2.45) is 11.8 Å². The van der Waals surface area contributed by atoms with Gasteiger partial charge in [0.25, 0.3) is 0 Å². The standard InChI is InChI=1S/C14H16O9/c1-6(13(19)20)23-9-4-2-7(8(15)3-5-10(16)17)11(12(9)18)14(21)22/h2,4,7,9,11-12,18H,1,3,5H2,(H,16,17)(H,19,20)(H,21,22). The number of carboxylic acid groups (broad SMARTS) is 3. The highest BCUT2D eigenvalue weighted by Crippen LogP contribution is 2.30. The predicted octanol–water partition coefficient (Wildman–Crippen LogP) is -0.349. The predicted molar refractivity (Wildman–Crippen MR) is 73.3 cm³/mol. The molecule has 1 rings (SSSR count). The van der Waals surface area contributed by atoms with Gasteiger partial charge < -0.3 is 25.2 Å². The molecule has 4 N–H and O–H groups in total. The minimum atomic E-state index is -1.69. The second-order valence-electron chi connectivity index (χ2n) is 4.94. The summed E-state index contributed by atoms with van der Waals surface area (Å²) in [7, 11) is 0. The van der Waals surface area contributed by atoms with Gasteiger partial charge in [0.05, 0.1) is 18.3 Å². The quantitative estimate of drug-likeness (QED) is 0.265. The number of carbonyl (C=O) groups is 4. The van der Waals surface area contributed by atoms with Gasteiger partial charge in [0.15, 0.2) is 5.76 Å². The van der Waals surface area contributed by atoms with Gasteiger partial charge in [-0.2, -0.15) is 0 Å². The summed E-state index contributed by atoms with van der Waals surface area (Å²) in [5.41, 5.74) is 0. The Balaban J connectivity index is 2.95. The third-order valence-electron chi connectivity index (χ3n) is 3.36. The Morgan fingerprint density at radius 3 is 2.13 bits per heavy atom. The van der Waals surface area contributed by atoms with Gasteiger partial charge in [0.1, 0.15) is 18.0 Å².